The molecule has 1 aromatic carbocycles. The molecule has 0 aliphatic rings. The van der Waals surface area contributed by atoms with Crippen molar-refractivity contribution in [1.82, 2.24) is 25.2 Å². The number of aromatic amines is 1. The Balaban J connectivity index is 1.81. The van der Waals surface area contributed by atoms with Crippen LogP contribution in [0.5, 0.6) is 11.6 Å². The minimum absolute atomic E-state index is 0.0325. The normalized spacial score (nSPS) is 9.96. The summed E-state index contributed by atoms with van der Waals surface area (Å²) in [7, 11) is 1.82. The van der Waals surface area contributed by atoms with E-state index in [-0.39, 0.29) is 11.6 Å². The molecule has 0 saturated carbocycles. The zero-order valence-corrected chi connectivity index (χ0v) is 12.0. The van der Waals surface area contributed by atoms with Crippen LogP contribution in [-0.2, 0) is 7.05 Å². The number of rotatable bonds is 3. The maximum absolute atomic E-state index is 11.0. The summed E-state index contributed by atoms with van der Waals surface area (Å²) in [6.07, 6.45) is 3.48. The average molecular weight is 309 g/mol. The predicted octanol–water partition coefficient (Wildman–Crippen LogP) is 1.43. The molecule has 2 heterocycles. The molecular weight excluding hydrogens is 298 g/mol. The SMILES string of the molecule is Cn1cc(C#Cc2cccc(Oc3[nH]nnc3C(=O)O)c2)cn1. The predicted molar refractivity (Wildman–Crippen MR) is 79.0 cm³/mol. The Bertz CT molecular complexity index is 916. The molecule has 114 valence electrons. The van der Waals surface area contributed by atoms with Gasteiger partial charge in [-0.05, 0) is 18.2 Å². The van der Waals surface area contributed by atoms with E-state index in [0.717, 1.165) is 11.1 Å². The Kier molecular flexibility index (Phi) is 3.76. The summed E-state index contributed by atoms with van der Waals surface area (Å²) in [4.78, 5) is 11.0. The first kappa shape index (κ1) is 14.3. The van der Waals surface area contributed by atoms with Gasteiger partial charge in [0.25, 0.3) is 5.88 Å². The van der Waals surface area contributed by atoms with E-state index < -0.39 is 5.97 Å². The number of nitrogens with zero attached hydrogens (tertiary/aromatic N) is 4. The van der Waals surface area contributed by atoms with E-state index in [2.05, 4.69) is 32.4 Å². The van der Waals surface area contributed by atoms with Crippen molar-refractivity contribution in [1.29, 1.82) is 0 Å². The molecule has 3 aromatic rings. The van der Waals surface area contributed by atoms with Crippen LogP contribution in [0.4, 0.5) is 0 Å². The summed E-state index contributed by atoms with van der Waals surface area (Å²) < 4.78 is 7.13. The van der Waals surface area contributed by atoms with Crippen molar-refractivity contribution in [3.63, 3.8) is 0 Å². The lowest BCUT2D eigenvalue weighted by Gasteiger charge is -2.03. The van der Waals surface area contributed by atoms with Gasteiger partial charge in [0.1, 0.15) is 5.75 Å². The monoisotopic (exact) mass is 309 g/mol. The molecule has 2 aromatic heterocycles. The van der Waals surface area contributed by atoms with E-state index in [1.54, 1.807) is 29.1 Å². The molecule has 0 unspecified atom stereocenters. The molecule has 0 bridgehead atoms. The van der Waals surface area contributed by atoms with Gasteiger partial charge in [-0.15, -0.1) is 5.10 Å². The van der Waals surface area contributed by atoms with Gasteiger partial charge >= 0.3 is 5.97 Å². The summed E-state index contributed by atoms with van der Waals surface area (Å²) in [5.74, 6) is 5.15. The number of hydrogen-bond acceptors (Lipinski definition) is 5. The lowest BCUT2D eigenvalue weighted by Crippen LogP contribution is -1.99. The third-order valence-electron chi connectivity index (χ3n) is 2.83. The third-order valence-corrected chi connectivity index (χ3v) is 2.83. The maximum Gasteiger partial charge on any atom is 0.362 e. The largest absolute Gasteiger partial charge is 0.476 e. The fourth-order valence-corrected chi connectivity index (χ4v) is 1.82. The fraction of sp³-hybridized carbons (Fsp3) is 0.0667. The van der Waals surface area contributed by atoms with Gasteiger partial charge in [0, 0.05) is 18.8 Å². The zero-order valence-electron chi connectivity index (χ0n) is 12.0. The van der Waals surface area contributed by atoms with Crippen LogP contribution in [0.2, 0.25) is 0 Å². The highest BCUT2D eigenvalue weighted by atomic mass is 16.5. The first-order valence-electron chi connectivity index (χ1n) is 6.55. The molecule has 0 aliphatic heterocycles. The zero-order chi connectivity index (χ0) is 16.2. The topological polar surface area (TPSA) is 106 Å². The number of H-pyrrole nitrogens is 1. The van der Waals surface area contributed by atoms with Crippen LogP contribution >= 0.6 is 0 Å². The van der Waals surface area contributed by atoms with E-state index in [0.29, 0.717) is 5.75 Å². The quantitative estimate of drug-likeness (QED) is 0.709. The second kappa shape index (κ2) is 6.03. The smallest absolute Gasteiger partial charge is 0.362 e. The van der Waals surface area contributed by atoms with Crippen LogP contribution in [0.25, 0.3) is 0 Å². The van der Waals surface area contributed by atoms with Crippen molar-refractivity contribution >= 4 is 5.97 Å². The average Bonchev–Trinajstić information content (AvgIpc) is 3.14. The van der Waals surface area contributed by atoms with Gasteiger partial charge in [-0.2, -0.15) is 5.10 Å². The van der Waals surface area contributed by atoms with Crippen molar-refractivity contribution in [3.05, 3.63) is 53.5 Å². The highest BCUT2D eigenvalue weighted by molar-refractivity contribution is 5.87. The molecule has 0 atom stereocenters. The second-order valence-electron chi connectivity index (χ2n) is 4.58. The second-order valence-corrected chi connectivity index (χ2v) is 4.58. The van der Waals surface area contributed by atoms with Gasteiger partial charge in [0.05, 0.1) is 11.8 Å². The number of aromatic nitrogens is 5. The Morgan fingerprint density at radius 2 is 2.17 bits per heavy atom. The molecule has 23 heavy (non-hydrogen) atoms. The molecule has 0 radical (unpaired) electrons. The number of benzene rings is 1. The summed E-state index contributed by atoms with van der Waals surface area (Å²) in [5.41, 5.74) is 1.23. The first-order valence-corrected chi connectivity index (χ1v) is 6.55. The molecule has 8 nitrogen and oxygen atoms in total. The van der Waals surface area contributed by atoms with Gasteiger partial charge in [-0.3, -0.25) is 4.68 Å². The van der Waals surface area contributed by atoms with Gasteiger partial charge in [-0.25, -0.2) is 9.89 Å². The number of aryl methyl sites for hydroxylation is 1. The van der Waals surface area contributed by atoms with Crippen molar-refractivity contribution in [2.45, 2.75) is 0 Å². The molecule has 0 fully saturated rings. The number of carboxylic acid groups (broad SMARTS) is 1. The van der Waals surface area contributed by atoms with Crippen LogP contribution in [-0.4, -0.2) is 36.3 Å². The lowest BCUT2D eigenvalue weighted by molar-refractivity contribution is 0.0687. The molecular formula is C15H11N5O3. The van der Waals surface area contributed by atoms with Crippen LogP contribution in [0.1, 0.15) is 21.6 Å². The van der Waals surface area contributed by atoms with E-state index in [1.807, 2.05) is 19.3 Å². The van der Waals surface area contributed by atoms with Crippen molar-refractivity contribution in [2.24, 2.45) is 7.05 Å². The Morgan fingerprint density at radius 1 is 1.35 bits per heavy atom. The third kappa shape index (κ3) is 3.36. The number of aromatic carboxylic acids is 1. The number of carbonyl (C=O) groups is 1. The van der Waals surface area contributed by atoms with E-state index in [9.17, 15) is 4.79 Å². The molecule has 2 N–H and O–H groups in total. The van der Waals surface area contributed by atoms with Gasteiger partial charge in [-0.1, -0.05) is 23.1 Å². The highest BCUT2D eigenvalue weighted by Gasteiger charge is 2.16. The molecule has 0 saturated heterocycles. The lowest BCUT2D eigenvalue weighted by atomic mass is 10.2. The van der Waals surface area contributed by atoms with Crippen molar-refractivity contribution < 1.29 is 14.6 Å². The molecule has 0 amide bonds. The Morgan fingerprint density at radius 3 is 2.91 bits per heavy atom. The van der Waals surface area contributed by atoms with Crippen LogP contribution < -0.4 is 4.74 Å². The molecule has 3 rings (SSSR count). The Hall–Kier alpha value is -3.60. The van der Waals surface area contributed by atoms with Crippen LogP contribution in [0.15, 0.2) is 36.7 Å². The van der Waals surface area contributed by atoms with E-state index >= 15 is 0 Å². The summed E-state index contributed by atoms with van der Waals surface area (Å²) >= 11 is 0. The molecule has 0 aliphatic carbocycles. The number of hydrogen-bond donors (Lipinski definition) is 2. The number of nitrogens with one attached hydrogen (secondary N) is 1. The number of ether oxygens (including phenoxy) is 1. The van der Waals surface area contributed by atoms with Crippen molar-refractivity contribution in [3.8, 4) is 23.5 Å². The van der Waals surface area contributed by atoms with Gasteiger partial charge in [0.15, 0.2) is 0 Å². The van der Waals surface area contributed by atoms with Crippen molar-refractivity contribution in [2.75, 3.05) is 0 Å². The summed E-state index contributed by atoms with van der Waals surface area (Å²) in [6.45, 7) is 0. The molecule has 0 spiro atoms. The number of carboxylic acids is 1. The maximum atomic E-state index is 11.0. The van der Waals surface area contributed by atoms with Crippen LogP contribution in [0, 0.1) is 11.8 Å². The first-order chi connectivity index (χ1) is 11.1. The fourth-order valence-electron chi connectivity index (χ4n) is 1.82. The minimum atomic E-state index is -1.22. The minimum Gasteiger partial charge on any atom is -0.476 e. The highest BCUT2D eigenvalue weighted by Crippen LogP contribution is 2.22. The summed E-state index contributed by atoms with van der Waals surface area (Å²) in [6, 6.07) is 6.95. The van der Waals surface area contributed by atoms with Crippen LogP contribution in [0.3, 0.4) is 0 Å². The molecule has 8 heteroatoms. The van der Waals surface area contributed by atoms with E-state index in [4.69, 9.17) is 9.84 Å². The standard InChI is InChI=1S/C15H11N5O3/c1-20-9-11(8-16-20)6-5-10-3-2-4-12(7-10)23-14-13(15(21)22)17-19-18-14/h2-4,7-9H,1H3,(H,21,22)(H,17,18,19). The van der Waals surface area contributed by atoms with Gasteiger partial charge < -0.3 is 9.84 Å². The Labute approximate surface area is 130 Å². The van der Waals surface area contributed by atoms with E-state index in [1.165, 1.54) is 0 Å². The summed E-state index contributed by atoms with van der Waals surface area (Å²) in [5, 5.41) is 22.3. The van der Waals surface area contributed by atoms with Gasteiger partial charge in [0.2, 0.25) is 5.69 Å².